The van der Waals surface area contributed by atoms with Gasteiger partial charge in [-0.1, -0.05) is 0 Å². The lowest BCUT2D eigenvalue weighted by Gasteiger charge is -2.13. The van der Waals surface area contributed by atoms with Gasteiger partial charge in [0.25, 0.3) is 0 Å². The molecular weight excluding hydrogens is 332 g/mol. The number of carbonyl (C=O) groups excluding carboxylic acids is 1. The molecule has 0 spiro atoms. The average molecular weight is 343 g/mol. The van der Waals surface area contributed by atoms with Crippen LogP contribution in [0.15, 0.2) is 0 Å². The molecule has 0 saturated heterocycles. The summed E-state index contributed by atoms with van der Waals surface area (Å²) in [7, 11) is 0. The highest BCUT2D eigenvalue weighted by atomic mass is 35.5. The summed E-state index contributed by atoms with van der Waals surface area (Å²) < 4.78 is 31.7. The Morgan fingerprint density at radius 1 is 1.15 bits per heavy atom. The van der Waals surface area contributed by atoms with E-state index in [1.54, 1.807) is 0 Å². The number of hydrogen-bond acceptors (Lipinski definition) is 4. The molecule has 0 aliphatic carbocycles. The van der Waals surface area contributed by atoms with Gasteiger partial charge in [-0.05, 0) is 0 Å². The van der Waals surface area contributed by atoms with Gasteiger partial charge in [0.15, 0.2) is 0 Å². The number of carboxylic acids is 2. The van der Waals surface area contributed by atoms with E-state index in [-0.39, 0.29) is 11.8 Å². The van der Waals surface area contributed by atoms with E-state index in [0.717, 1.165) is 0 Å². The molecule has 118 valence electrons. The number of nitrogens with two attached hydrogens (primary N) is 1. The van der Waals surface area contributed by atoms with E-state index in [2.05, 4.69) is 5.32 Å². The van der Waals surface area contributed by atoms with Crippen LogP contribution < -0.4 is 11.1 Å². The van der Waals surface area contributed by atoms with Crippen LogP contribution in [-0.2, 0) is 14.4 Å². The maximum atomic E-state index is 11.0. The molecule has 0 saturated carbocycles. The predicted octanol–water partition coefficient (Wildman–Crippen LogP) is -0.00600. The second-order valence-corrected chi connectivity index (χ2v) is 3.73. The molecule has 20 heavy (non-hydrogen) atoms. The number of carbonyl (C=O) groups is 3. The summed E-state index contributed by atoms with van der Waals surface area (Å²) in [5.41, 5.74) is 5.24. The van der Waals surface area contributed by atoms with Crippen molar-refractivity contribution >= 4 is 41.0 Å². The molecule has 0 radical (unpaired) electrons. The number of aliphatic carboxylic acids is 2. The van der Waals surface area contributed by atoms with Crippen LogP contribution in [-0.4, -0.2) is 58.1 Å². The van der Waals surface area contributed by atoms with E-state index in [9.17, 15) is 22.8 Å². The Bertz CT molecular complexity index is 353. The van der Waals surface area contributed by atoms with E-state index < -0.39 is 36.1 Å². The molecule has 2 atom stereocenters. The van der Waals surface area contributed by atoms with E-state index in [4.69, 9.17) is 43.9 Å². The molecule has 7 nitrogen and oxygen atoms in total. The third kappa shape index (κ3) is 9.64. The first kappa shape index (κ1) is 21.0. The van der Waals surface area contributed by atoms with Crippen molar-refractivity contribution in [3.63, 3.8) is 0 Å². The van der Waals surface area contributed by atoms with Crippen LogP contribution in [0.1, 0.15) is 0 Å². The molecule has 1 amide bonds. The van der Waals surface area contributed by atoms with Gasteiger partial charge < -0.3 is 21.3 Å². The minimum absolute atomic E-state index is 0.0690. The SMILES string of the molecule is N[C@@H](CCl)C(=O)N[C@@H](CCl)C(=O)O.O=C(O)C(F)(F)F. The standard InChI is InChI=1S/C6H10Cl2N2O3.C2HF3O2/c7-1-3(9)5(11)10-4(2-8)6(12)13;3-2(4,5)1(6)7/h3-4H,1-2,9H2,(H,10,11)(H,12,13);(H,6,7)/t3-,4-;/m0./s1. The Morgan fingerprint density at radius 2 is 1.55 bits per heavy atom. The number of alkyl halides is 5. The Morgan fingerprint density at radius 3 is 1.75 bits per heavy atom. The lowest BCUT2D eigenvalue weighted by Crippen LogP contribution is -2.49. The van der Waals surface area contributed by atoms with Gasteiger partial charge in [0.2, 0.25) is 5.91 Å². The molecule has 0 rings (SSSR count). The lowest BCUT2D eigenvalue weighted by atomic mass is 10.3. The van der Waals surface area contributed by atoms with Crippen LogP contribution in [0.3, 0.4) is 0 Å². The molecule has 0 aromatic carbocycles. The highest BCUT2D eigenvalue weighted by Gasteiger charge is 2.38. The van der Waals surface area contributed by atoms with Crippen molar-refractivity contribution in [2.24, 2.45) is 5.73 Å². The molecule has 5 N–H and O–H groups in total. The largest absolute Gasteiger partial charge is 0.490 e. The summed E-state index contributed by atoms with van der Waals surface area (Å²) in [6.45, 7) is 0. The molecule has 0 bridgehead atoms. The fourth-order valence-corrected chi connectivity index (χ4v) is 0.864. The third-order valence-corrected chi connectivity index (χ3v) is 2.16. The molecular formula is C8H11Cl2F3N2O5. The van der Waals surface area contributed by atoms with Crippen LogP contribution in [0.25, 0.3) is 0 Å². The molecule has 0 aromatic rings. The van der Waals surface area contributed by atoms with Crippen molar-refractivity contribution in [1.29, 1.82) is 0 Å². The number of rotatable bonds is 5. The fraction of sp³-hybridized carbons (Fsp3) is 0.625. The zero-order chi connectivity index (χ0) is 16.5. The van der Waals surface area contributed by atoms with Crippen LogP contribution in [0.2, 0.25) is 0 Å². The first-order chi connectivity index (χ1) is 8.97. The van der Waals surface area contributed by atoms with E-state index >= 15 is 0 Å². The zero-order valence-electron chi connectivity index (χ0n) is 9.66. The topological polar surface area (TPSA) is 130 Å². The van der Waals surface area contributed by atoms with Crippen molar-refractivity contribution in [2.45, 2.75) is 18.3 Å². The van der Waals surface area contributed by atoms with Gasteiger partial charge in [-0.25, -0.2) is 9.59 Å². The van der Waals surface area contributed by atoms with Gasteiger partial charge in [-0.2, -0.15) is 13.2 Å². The van der Waals surface area contributed by atoms with Gasteiger partial charge in [-0.15, -0.1) is 23.2 Å². The molecule has 0 aliphatic heterocycles. The first-order valence-corrected chi connectivity index (χ1v) is 5.75. The normalized spacial score (nSPS) is 13.5. The van der Waals surface area contributed by atoms with Gasteiger partial charge in [0.1, 0.15) is 6.04 Å². The smallest absolute Gasteiger partial charge is 0.480 e. The summed E-state index contributed by atoms with van der Waals surface area (Å²) in [6.07, 6.45) is -5.08. The molecule has 0 heterocycles. The third-order valence-electron chi connectivity index (χ3n) is 1.51. The zero-order valence-corrected chi connectivity index (χ0v) is 11.2. The van der Waals surface area contributed by atoms with Gasteiger partial charge in [-0.3, -0.25) is 4.79 Å². The second-order valence-electron chi connectivity index (χ2n) is 3.12. The molecule has 0 fully saturated rings. The van der Waals surface area contributed by atoms with Crippen LogP contribution in [0.5, 0.6) is 0 Å². The van der Waals surface area contributed by atoms with E-state index in [1.807, 2.05) is 0 Å². The molecule has 12 heteroatoms. The summed E-state index contributed by atoms with van der Waals surface area (Å²) in [6, 6.07) is -2.03. The van der Waals surface area contributed by atoms with Crippen molar-refractivity contribution in [3.8, 4) is 0 Å². The summed E-state index contributed by atoms with van der Waals surface area (Å²) in [5, 5.41) is 17.8. The highest BCUT2D eigenvalue weighted by Crippen LogP contribution is 2.13. The number of nitrogens with one attached hydrogen (secondary N) is 1. The van der Waals surface area contributed by atoms with Gasteiger partial charge in [0.05, 0.1) is 11.9 Å². The number of carboxylic acid groups (broad SMARTS) is 2. The molecule has 0 aromatic heterocycles. The summed E-state index contributed by atoms with van der Waals surface area (Å²) in [5.74, 6) is -4.86. The Hall–Kier alpha value is -1.26. The number of amides is 1. The Balaban J connectivity index is 0. The monoisotopic (exact) mass is 342 g/mol. The summed E-state index contributed by atoms with van der Waals surface area (Å²) in [4.78, 5) is 30.3. The predicted molar refractivity (Wildman–Crippen MR) is 62.7 cm³/mol. The van der Waals surface area contributed by atoms with Gasteiger partial charge in [0, 0.05) is 5.88 Å². The minimum atomic E-state index is -5.08. The summed E-state index contributed by atoms with van der Waals surface area (Å²) >= 11 is 10.6. The number of halogens is 5. The maximum absolute atomic E-state index is 11.0. The average Bonchev–Trinajstić information content (AvgIpc) is 2.33. The van der Waals surface area contributed by atoms with Crippen molar-refractivity contribution < 1.29 is 37.8 Å². The first-order valence-electron chi connectivity index (χ1n) is 4.68. The van der Waals surface area contributed by atoms with Gasteiger partial charge >= 0.3 is 18.1 Å². The maximum Gasteiger partial charge on any atom is 0.490 e. The Labute approximate surface area is 120 Å². The highest BCUT2D eigenvalue weighted by molar-refractivity contribution is 6.20. The quantitative estimate of drug-likeness (QED) is 0.520. The molecule has 0 unspecified atom stereocenters. The van der Waals surface area contributed by atoms with Crippen molar-refractivity contribution in [1.82, 2.24) is 5.32 Å². The second kappa shape index (κ2) is 9.61. The fourth-order valence-electron chi connectivity index (χ4n) is 0.515. The minimum Gasteiger partial charge on any atom is -0.480 e. The number of hydrogen-bond donors (Lipinski definition) is 4. The Kier molecular flexibility index (Phi) is 10.1. The van der Waals surface area contributed by atoms with Crippen LogP contribution in [0.4, 0.5) is 13.2 Å². The van der Waals surface area contributed by atoms with E-state index in [0.29, 0.717) is 0 Å². The lowest BCUT2D eigenvalue weighted by molar-refractivity contribution is -0.192. The van der Waals surface area contributed by atoms with Crippen LogP contribution in [0, 0.1) is 0 Å². The van der Waals surface area contributed by atoms with Crippen molar-refractivity contribution in [3.05, 3.63) is 0 Å². The molecule has 0 aliphatic rings. The van der Waals surface area contributed by atoms with Crippen LogP contribution >= 0.6 is 23.2 Å². The van der Waals surface area contributed by atoms with E-state index in [1.165, 1.54) is 0 Å². The van der Waals surface area contributed by atoms with Crippen molar-refractivity contribution in [2.75, 3.05) is 11.8 Å².